The van der Waals surface area contributed by atoms with Gasteiger partial charge in [0.2, 0.25) is 0 Å². The second-order valence-electron chi connectivity index (χ2n) is 8.32. The molecule has 3 heteroatoms. The van der Waals surface area contributed by atoms with Crippen LogP contribution >= 0.6 is 0 Å². The third kappa shape index (κ3) is 2.70. The Morgan fingerprint density at radius 2 is 1.81 bits per heavy atom. The van der Waals surface area contributed by atoms with E-state index in [0.29, 0.717) is 0 Å². The molecular formula is C28H20O3. The van der Waals surface area contributed by atoms with Gasteiger partial charge in [0.05, 0.1) is 0 Å². The molecule has 6 rings (SSSR count). The van der Waals surface area contributed by atoms with Crippen LogP contribution in [0.2, 0.25) is 0 Å². The molecule has 0 saturated carbocycles. The predicted molar refractivity (Wildman–Crippen MR) is 121 cm³/mol. The largest absolute Gasteiger partial charge is 0.508 e. The smallest absolute Gasteiger partial charge is 0.179 e. The zero-order chi connectivity index (χ0) is 21.1. The Morgan fingerprint density at radius 3 is 2.68 bits per heavy atom. The molecule has 0 aromatic heterocycles. The summed E-state index contributed by atoms with van der Waals surface area (Å²) in [6.45, 7) is 2.15. The second-order valence-corrected chi connectivity index (χ2v) is 8.32. The van der Waals surface area contributed by atoms with Crippen molar-refractivity contribution in [1.29, 1.82) is 0 Å². The molecule has 1 N–H and O–H groups in total. The van der Waals surface area contributed by atoms with Gasteiger partial charge in [0.1, 0.15) is 17.3 Å². The maximum Gasteiger partial charge on any atom is 0.179 e. The number of allylic oxidation sites excluding steroid dienone is 7. The molecule has 0 radical (unpaired) electrons. The third-order valence-corrected chi connectivity index (χ3v) is 6.49. The van der Waals surface area contributed by atoms with E-state index >= 15 is 0 Å². The molecular weight excluding hydrogens is 384 g/mol. The van der Waals surface area contributed by atoms with E-state index in [1.165, 1.54) is 11.1 Å². The van der Waals surface area contributed by atoms with Gasteiger partial charge in [0.25, 0.3) is 0 Å². The van der Waals surface area contributed by atoms with Gasteiger partial charge >= 0.3 is 0 Å². The fourth-order valence-corrected chi connectivity index (χ4v) is 5.03. The van der Waals surface area contributed by atoms with Crippen LogP contribution < -0.4 is 4.74 Å². The van der Waals surface area contributed by atoms with Crippen LogP contribution in [0.3, 0.4) is 0 Å². The van der Waals surface area contributed by atoms with Crippen molar-refractivity contribution in [2.24, 2.45) is 5.92 Å². The number of rotatable bonds is 1. The maximum absolute atomic E-state index is 11.9. The molecule has 0 amide bonds. The van der Waals surface area contributed by atoms with E-state index in [0.717, 1.165) is 39.0 Å². The molecule has 3 aromatic rings. The van der Waals surface area contributed by atoms with Crippen molar-refractivity contribution < 1.29 is 14.6 Å². The molecule has 150 valence electrons. The van der Waals surface area contributed by atoms with Crippen molar-refractivity contribution in [2.75, 3.05) is 0 Å². The Balaban J connectivity index is 1.66. The van der Waals surface area contributed by atoms with Crippen molar-refractivity contribution in [3.8, 4) is 11.5 Å². The molecule has 2 atom stereocenters. The van der Waals surface area contributed by atoms with Gasteiger partial charge in [-0.2, -0.15) is 0 Å². The number of aryl methyl sites for hydroxylation is 1. The van der Waals surface area contributed by atoms with Gasteiger partial charge in [-0.05, 0) is 65.4 Å². The molecule has 0 saturated heterocycles. The Bertz CT molecular complexity index is 1400. The van der Waals surface area contributed by atoms with Crippen molar-refractivity contribution in [3.05, 3.63) is 119 Å². The number of carbonyl (C=O) groups excluding carboxylic acids is 1. The summed E-state index contributed by atoms with van der Waals surface area (Å²) >= 11 is 0. The lowest BCUT2D eigenvalue weighted by Crippen LogP contribution is -2.28. The first-order valence-corrected chi connectivity index (χ1v) is 10.5. The van der Waals surface area contributed by atoms with Crippen molar-refractivity contribution in [2.45, 2.75) is 12.8 Å². The summed E-state index contributed by atoms with van der Waals surface area (Å²) in [5.74, 6) is 2.05. The monoisotopic (exact) mass is 404 g/mol. The average molecular weight is 404 g/mol. The summed E-state index contributed by atoms with van der Waals surface area (Å²) in [6, 6.07) is 18.0. The van der Waals surface area contributed by atoms with Gasteiger partial charge in [0, 0.05) is 28.4 Å². The second kappa shape index (κ2) is 6.58. The van der Waals surface area contributed by atoms with E-state index < -0.39 is 0 Å². The number of hydrogen-bond donors (Lipinski definition) is 1. The number of phenolic OH excluding ortho intramolecular Hbond substituents is 1. The van der Waals surface area contributed by atoms with Gasteiger partial charge in [-0.25, -0.2) is 0 Å². The molecule has 0 fully saturated rings. The molecule has 2 aliphatic carbocycles. The third-order valence-electron chi connectivity index (χ3n) is 6.49. The van der Waals surface area contributed by atoms with E-state index in [9.17, 15) is 9.90 Å². The molecule has 3 nitrogen and oxygen atoms in total. The highest BCUT2D eigenvalue weighted by Gasteiger charge is 2.39. The average Bonchev–Trinajstić information content (AvgIpc) is 2.77. The fraction of sp³-hybridized carbons (Fsp3) is 0.107. The highest BCUT2D eigenvalue weighted by molar-refractivity contribution is 6.03. The molecule has 3 aliphatic rings. The standard InChI is InChI=1S/C28H20O3/c1-16-4-2-3-5-21(16)26-24-10-6-17-14-19(29)8-12-22(17)27(24)31-28-23-13-9-20(30)15-18(23)7-11-25(26)28/h2-15,24,26,30H,1H3. The summed E-state index contributed by atoms with van der Waals surface area (Å²) < 4.78 is 6.63. The molecule has 1 heterocycles. The normalized spacial score (nSPS) is 21.3. The lowest BCUT2D eigenvalue weighted by atomic mass is 9.72. The SMILES string of the molecule is Cc1ccccc1C1c2ccc3cc(O)ccc3c2OC2=C3C=CC(=O)C=C3C=CC21. The minimum atomic E-state index is -0.00459. The number of aromatic hydroxyl groups is 1. The lowest BCUT2D eigenvalue weighted by Gasteiger charge is -2.38. The quantitative estimate of drug-likeness (QED) is 0.551. The van der Waals surface area contributed by atoms with E-state index in [-0.39, 0.29) is 23.4 Å². The number of ketones is 1. The molecule has 0 spiro atoms. The highest BCUT2D eigenvalue weighted by atomic mass is 16.5. The van der Waals surface area contributed by atoms with Crippen LogP contribution in [0.15, 0.2) is 102 Å². The number of phenols is 1. The molecule has 0 bridgehead atoms. The maximum atomic E-state index is 11.9. The Kier molecular flexibility index (Phi) is 3.81. The number of carbonyl (C=O) groups is 1. The van der Waals surface area contributed by atoms with Gasteiger partial charge in [-0.1, -0.05) is 48.6 Å². The first-order chi connectivity index (χ1) is 15.1. The molecule has 31 heavy (non-hydrogen) atoms. The first kappa shape index (κ1) is 18.0. The topological polar surface area (TPSA) is 46.5 Å². The Hall–Kier alpha value is -3.85. The summed E-state index contributed by atoms with van der Waals surface area (Å²) in [5.41, 5.74) is 5.49. The zero-order valence-corrected chi connectivity index (χ0v) is 17.0. The van der Waals surface area contributed by atoms with Crippen molar-refractivity contribution in [3.63, 3.8) is 0 Å². The fourth-order valence-electron chi connectivity index (χ4n) is 5.03. The van der Waals surface area contributed by atoms with Gasteiger partial charge in [-0.3, -0.25) is 4.79 Å². The van der Waals surface area contributed by atoms with Gasteiger partial charge in [0.15, 0.2) is 5.78 Å². The number of benzene rings is 3. The van der Waals surface area contributed by atoms with Crippen LogP contribution in [-0.2, 0) is 4.79 Å². The lowest BCUT2D eigenvalue weighted by molar-refractivity contribution is -0.110. The summed E-state index contributed by atoms with van der Waals surface area (Å²) in [7, 11) is 0. The first-order valence-electron chi connectivity index (χ1n) is 10.5. The predicted octanol–water partition coefficient (Wildman–Crippen LogP) is 5.88. The van der Waals surface area contributed by atoms with Crippen LogP contribution in [0.4, 0.5) is 0 Å². The summed E-state index contributed by atoms with van der Waals surface area (Å²) in [4.78, 5) is 11.9. The minimum absolute atomic E-state index is 0.00459. The number of ether oxygens (including phenoxy) is 1. The van der Waals surface area contributed by atoms with Gasteiger partial charge < -0.3 is 9.84 Å². The Morgan fingerprint density at radius 1 is 0.935 bits per heavy atom. The van der Waals surface area contributed by atoms with E-state index in [1.54, 1.807) is 24.3 Å². The van der Waals surface area contributed by atoms with Crippen LogP contribution in [0.25, 0.3) is 10.8 Å². The van der Waals surface area contributed by atoms with E-state index in [2.05, 4.69) is 49.4 Å². The van der Waals surface area contributed by atoms with Gasteiger partial charge in [-0.15, -0.1) is 0 Å². The van der Waals surface area contributed by atoms with Crippen molar-refractivity contribution >= 4 is 16.6 Å². The highest BCUT2D eigenvalue weighted by Crippen LogP contribution is 2.52. The number of hydrogen-bond acceptors (Lipinski definition) is 3. The molecule has 1 aliphatic heterocycles. The summed E-state index contributed by atoms with van der Waals surface area (Å²) in [6.07, 6.45) is 9.35. The van der Waals surface area contributed by atoms with Crippen LogP contribution in [0.5, 0.6) is 11.5 Å². The Labute approximate surface area is 180 Å². The zero-order valence-electron chi connectivity index (χ0n) is 17.0. The van der Waals surface area contributed by atoms with Crippen LogP contribution in [0, 0.1) is 12.8 Å². The summed E-state index contributed by atoms with van der Waals surface area (Å²) in [5, 5.41) is 11.9. The van der Waals surface area contributed by atoms with Crippen molar-refractivity contribution in [1.82, 2.24) is 0 Å². The van der Waals surface area contributed by atoms with E-state index in [1.807, 2.05) is 18.2 Å². The molecule has 2 unspecified atom stereocenters. The van der Waals surface area contributed by atoms with E-state index in [4.69, 9.17) is 4.74 Å². The van der Waals surface area contributed by atoms with Crippen LogP contribution in [0.1, 0.15) is 22.6 Å². The number of fused-ring (bicyclic) bond motifs is 5. The van der Waals surface area contributed by atoms with Crippen LogP contribution in [-0.4, -0.2) is 10.9 Å². The molecule has 3 aromatic carbocycles. The minimum Gasteiger partial charge on any atom is -0.508 e.